The van der Waals surface area contributed by atoms with E-state index in [1.165, 1.54) is 6.07 Å². The van der Waals surface area contributed by atoms with E-state index in [0.717, 1.165) is 30.5 Å². The third kappa shape index (κ3) is 3.03. The molecule has 0 spiro atoms. The van der Waals surface area contributed by atoms with Gasteiger partial charge in [0.1, 0.15) is 11.6 Å². The summed E-state index contributed by atoms with van der Waals surface area (Å²) in [4.78, 5) is 18.8. The van der Waals surface area contributed by atoms with Crippen LogP contribution in [0.25, 0.3) is 0 Å². The number of carbonyl (C=O) groups is 1. The van der Waals surface area contributed by atoms with Gasteiger partial charge in [0.25, 0.3) is 0 Å². The highest BCUT2D eigenvalue weighted by Crippen LogP contribution is 2.50. The van der Waals surface area contributed by atoms with Gasteiger partial charge in [-0.1, -0.05) is 6.07 Å². The molecule has 0 N–H and O–H groups in total. The summed E-state index contributed by atoms with van der Waals surface area (Å²) in [5.74, 6) is -1.28. The number of pyridine rings is 1. The van der Waals surface area contributed by atoms with Gasteiger partial charge < -0.3 is 4.90 Å². The van der Waals surface area contributed by atoms with Crippen molar-refractivity contribution in [1.29, 1.82) is 0 Å². The quantitative estimate of drug-likeness (QED) is 0.839. The highest BCUT2D eigenvalue weighted by Gasteiger charge is 2.49. The Bertz CT molecular complexity index is 761. The summed E-state index contributed by atoms with van der Waals surface area (Å²) in [6.07, 6.45) is 6.08. The number of benzene rings is 1. The van der Waals surface area contributed by atoms with Crippen molar-refractivity contribution in [3.8, 4) is 0 Å². The Morgan fingerprint density at radius 3 is 2.79 bits per heavy atom. The van der Waals surface area contributed by atoms with Crippen LogP contribution in [-0.4, -0.2) is 21.8 Å². The fraction of sp³-hybridized carbons (Fsp3) is 0.368. The Labute approximate surface area is 139 Å². The summed E-state index contributed by atoms with van der Waals surface area (Å²) in [5.41, 5.74) is 1.32. The number of halogens is 2. The molecular weight excluding hydrogens is 310 g/mol. The Morgan fingerprint density at radius 2 is 2.08 bits per heavy atom. The van der Waals surface area contributed by atoms with E-state index in [1.54, 1.807) is 12.4 Å². The second-order valence-electron chi connectivity index (χ2n) is 6.67. The highest BCUT2D eigenvalue weighted by atomic mass is 19.1. The van der Waals surface area contributed by atoms with Crippen molar-refractivity contribution in [1.82, 2.24) is 9.88 Å². The molecule has 1 amide bonds. The molecule has 0 saturated heterocycles. The molecule has 0 bridgehead atoms. The van der Waals surface area contributed by atoms with E-state index in [-0.39, 0.29) is 23.8 Å². The predicted octanol–water partition coefficient (Wildman–Crippen LogP) is 3.65. The Morgan fingerprint density at radius 1 is 1.25 bits per heavy atom. The van der Waals surface area contributed by atoms with Crippen molar-refractivity contribution < 1.29 is 13.6 Å². The maximum atomic E-state index is 13.9. The molecule has 2 aromatic rings. The maximum Gasteiger partial charge on any atom is 0.226 e. The monoisotopic (exact) mass is 328 g/mol. The lowest BCUT2D eigenvalue weighted by Gasteiger charge is -2.22. The molecule has 4 rings (SSSR count). The number of aromatic nitrogens is 1. The van der Waals surface area contributed by atoms with E-state index < -0.39 is 11.6 Å². The van der Waals surface area contributed by atoms with Gasteiger partial charge in [0.05, 0.1) is 0 Å². The molecule has 2 aliphatic carbocycles. The van der Waals surface area contributed by atoms with Gasteiger partial charge in [-0.15, -0.1) is 0 Å². The zero-order chi connectivity index (χ0) is 16.7. The van der Waals surface area contributed by atoms with Gasteiger partial charge in [-0.25, -0.2) is 8.78 Å². The molecule has 2 saturated carbocycles. The number of rotatable bonds is 5. The number of nitrogens with zero attached hydrogens (tertiary/aromatic N) is 2. The van der Waals surface area contributed by atoms with Crippen LogP contribution < -0.4 is 0 Å². The van der Waals surface area contributed by atoms with Crippen LogP contribution in [0.5, 0.6) is 0 Å². The molecule has 1 aromatic heterocycles. The lowest BCUT2D eigenvalue weighted by Crippen LogP contribution is -2.34. The van der Waals surface area contributed by atoms with Gasteiger partial charge >= 0.3 is 0 Å². The van der Waals surface area contributed by atoms with E-state index >= 15 is 0 Å². The average Bonchev–Trinajstić information content (AvgIpc) is 3.48. The van der Waals surface area contributed by atoms with Crippen molar-refractivity contribution in [2.24, 2.45) is 5.92 Å². The molecule has 24 heavy (non-hydrogen) atoms. The molecule has 0 unspecified atom stereocenters. The zero-order valence-electron chi connectivity index (χ0n) is 13.2. The summed E-state index contributed by atoms with van der Waals surface area (Å²) >= 11 is 0. The lowest BCUT2D eigenvalue weighted by molar-refractivity contribution is -0.133. The molecule has 0 radical (unpaired) electrons. The fourth-order valence-corrected chi connectivity index (χ4v) is 3.28. The van der Waals surface area contributed by atoms with Crippen LogP contribution in [0.2, 0.25) is 0 Å². The van der Waals surface area contributed by atoms with Crippen LogP contribution in [0.1, 0.15) is 36.3 Å². The number of amides is 1. The molecule has 1 aromatic carbocycles. The Balaban J connectivity index is 1.49. The highest BCUT2D eigenvalue weighted by molar-refractivity contribution is 5.83. The number of hydrogen-bond acceptors (Lipinski definition) is 2. The standard InChI is InChI=1S/C19H18F2N2O/c20-13-3-6-18(21)16(8-13)15-9-17(15)19(24)23(14-4-5-14)11-12-2-1-7-22-10-12/h1-3,6-8,10,14-15,17H,4-5,9,11H2/t15-,17-/m0/s1. The van der Waals surface area contributed by atoms with Crippen molar-refractivity contribution in [2.45, 2.75) is 37.8 Å². The minimum absolute atomic E-state index is 0.0509. The predicted molar refractivity (Wildman–Crippen MR) is 85.0 cm³/mol. The van der Waals surface area contributed by atoms with Gasteiger partial charge in [0.2, 0.25) is 5.91 Å². The minimum atomic E-state index is -0.459. The first kappa shape index (κ1) is 15.2. The van der Waals surface area contributed by atoms with Gasteiger partial charge in [-0.2, -0.15) is 0 Å². The second-order valence-corrected chi connectivity index (χ2v) is 6.67. The summed E-state index contributed by atoms with van der Waals surface area (Å²) in [7, 11) is 0. The van der Waals surface area contributed by atoms with Gasteiger partial charge in [0.15, 0.2) is 0 Å². The second kappa shape index (κ2) is 5.96. The van der Waals surface area contributed by atoms with Crippen molar-refractivity contribution in [3.63, 3.8) is 0 Å². The molecule has 2 aliphatic rings. The average molecular weight is 328 g/mol. The molecule has 3 nitrogen and oxygen atoms in total. The Kier molecular flexibility index (Phi) is 3.79. The van der Waals surface area contributed by atoms with E-state index in [9.17, 15) is 13.6 Å². The molecule has 0 aliphatic heterocycles. The summed E-state index contributed by atoms with van der Waals surface area (Å²) in [5, 5.41) is 0. The zero-order valence-corrected chi connectivity index (χ0v) is 13.2. The van der Waals surface area contributed by atoms with Gasteiger partial charge in [0, 0.05) is 30.9 Å². The largest absolute Gasteiger partial charge is 0.335 e. The van der Waals surface area contributed by atoms with Crippen molar-refractivity contribution >= 4 is 5.91 Å². The normalized spacial score (nSPS) is 22.2. The van der Waals surface area contributed by atoms with E-state index in [2.05, 4.69) is 4.98 Å². The van der Waals surface area contributed by atoms with E-state index in [1.807, 2.05) is 17.0 Å². The van der Waals surface area contributed by atoms with E-state index in [0.29, 0.717) is 18.5 Å². The maximum absolute atomic E-state index is 13.9. The smallest absolute Gasteiger partial charge is 0.226 e. The fourth-order valence-electron chi connectivity index (χ4n) is 3.28. The van der Waals surface area contributed by atoms with Crippen LogP contribution in [0.15, 0.2) is 42.7 Å². The molecule has 124 valence electrons. The van der Waals surface area contributed by atoms with Crippen LogP contribution in [0.3, 0.4) is 0 Å². The third-order valence-electron chi connectivity index (χ3n) is 4.81. The van der Waals surface area contributed by atoms with Crippen molar-refractivity contribution in [3.05, 3.63) is 65.5 Å². The van der Waals surface area contributed by atoms with Crippen LogP contribution in [0.4, 0.5) is 8.78 Å². The van der Waals surface area contributed by atoms with Crippen LogP contribution in [0, 0.1) is 17.6 Å². The Hall–Kier alpha value is -2.30. The first-order valence-corrected chi connectivity index (χ1v) is 8.28. The van der Waals surface area contributed by atoms with Crippen LogP contribution >= 0.6 is 0 Å². The lowest BCUT2D eigenvalue weighted by atomic mass is 10.1. The third-order valence-corrected chi connectivity index (χ3v) is 4.81. The first-order chi connectivity index (χ1) is 11.6. The topological polar surface area (TPSA) is 33.2 Å². The molecular formula is C19H18F2N2O. The summed E-state index contributed by atoms with van der Waals surface area (Å²) in [6.45, 7) is 0.534. The van der Waals surface area contributed by atoms with Gasteiger partial charge in [-0.3, -0.25) is 9.78 Å². The molecule has 2 atom stereocenters. The molecule has 2 fully saturated rings. The number of hydrogen-bond donors (Lipinski definition) is 0. The van der Waals surface area contributed by atoms with Crippen LogP contribution in [-0.2, 0) is 11.3 Å². The summed E-state index contributed by atoms with van der Waals surface area (Å²) in [6, 6.07) is 7.54. The number of carbonyl (C=O) groups excluding carboxylic acids is 1. The van der Waals surface area contributed by atoms with Gasteiger partial charge in [-0.05, 0) is 60.6 Å². The van der Waals surface area contributed by atoms with E-state index in [4.69, 9.17) is 0 Å². The minimum Gasteiger partial charge on any atom is -0.335 e. The first-order valence-electron chi connectivity index (χ1n) is 8.28. The molecule has 5 heteroatoms. The molecule has 1 heterocycles. The van der Waals surface area contributed by atoms with Crippen molar-refractivity contribution in [2.75, 3.05) is 0 Å². The SMILES string of the molecule is O=C([C@H]1C[C@H]1c1cc(F)ccc1F)N(Cc1cccnc1)C1CC1. The summed E-state index contributed by atoms with van der Waals surface area (Å²) < 4.78 is 27.3.